The highest BCUT2D eigenvalue weighted by molar-refractivity contribution is 6.36. The summed E-state index contributed by atoms with van der Waals surface area (Å²) < 4.78 is 34.1. The molecule has 3 N–H and O–H groups in total. The molecule has 1 aromatic heterocycles. The number of nitrogen functional groups attached to an aromatic ring is 1. The van der Waals surface area contributed by atoms with Crippen LogP contribution in [0, 0.1) is 5.82 Å². The molecule has 0 fully saturated rings. The SMILES string of the molecule is C[C@@H](Oc1cc(-c2ccc3c(c2)C(F)CNC3)cnc1N)c1c(Cl)ccc(F)c1Cl. The Morgan fingerprint density at radius 2 is 2.00 bits per heavy atom. The first-order valence-electron chi connectivity index (χ1n) is 9.38. The van der Waals surface area contributed by atoms with Crippen LogP contribution in [0.3, 0.4) is 0 Å². The number of rotatable bonds is 4. The Kier molecular flexibility index (Phi) is 5.82. The zero-order valence-corrected chi connectivity index (χ0v) is 17.6. The molecule has 0 amide bonds. The van der Waals surface area contributed by atoms with Gasteiger partial charge < -0.3 is 15.8 Å². The van der Waals surface area contributed by atoms with Crippen LogP contribution in [-0.4, -0.2) is 11.5 Å². The molecule has 2 aromatic carbocycles. The first-order valence-corrected chi connectivity index (χ1v) is 10.1. The maximum Gasteiger partial charge on any atom is 0.166 e. The molecule has 0 bridgehead atoms. The number of benzene rings is 2. The largest absolute Gasteiger partial charge is 0.482 e. The van der Waals surface area contributed by atoms with Gasteiger partial charge in [-0.25, -0.2) is 13.8 Å². The number of fused-ring (bicyclic) bond motifs is 1. The van der Waals surface area contributed by atoms with Gasteiger partial charge in [-0.1, -0.05) is 35.3 Å². The number of halogens is 4. The number of pyridine rings is 1. The zero-order chi connectivity index (χ0) is 21.4. The second kappa shape index (κ2) is 8.38. The van der Waals surface area contributed by atoms with Gasteiger partial charge in [-0.15, -0.1) is 0 Å². The topological polar surface area (TPSA) is 60.2 Å². The monoisotopic (exact) mass is 449 g/mol. The Hall–Kier alpha value is -2.41. The molecule has 0 saturated heterocycles. The van der Waals surface area contributed by atoms with Crippen molar-refractivity contribution < 1.29 is 13.5 Å². The summed E-state index contributed by atoms with van der Waals surface area (Å²) in [4.78, 5) is 4.20. The molecule has 2 heterocycles. The molecule has 4 rings (SSSR count). The van der Waals surface area contributed by atoms with Gasteiger partial charge in [-0.2, -0.15) is 0 Å². The van der Waals surface area contributed by atoms with E-state index in [0.29, 0.717) is 23.4 Å². The molecular weight excluding hydrogens is 431 g/mol. The molecule has 1 unspecified atom stereocenters. The van der Waals surface area contributed by atoms with Gasteiger partial charge in [-0.05, 0) is 47.9 Å². The van der Waals surface area contributed by atoms with Crippen molar-refractivity contribution in [2.24, 2.45) is 0 Å². The van der Waals surface area contributed by atoms with Gasteiger partial charge in [-0.3, -0.25) is 0 Å². The number of nitrogens with one attached hydrogen (secondary N) is 1. The van der Waals surface area contributed by atoms with Gasteiger partial charge in [0.25, 0.3) is 0 Å². The van der Waals surface area contributed by atoms with Crippen LogP contribution in [-0.2, 0) is 6.54 Å². The number of aromatic nitrogens is 1. The molecule has 30 heavy (non-hydrogen) atoms. The van der Waals surface area contributed by atoms with Gasteiger partial charge in [0.1, 0.15) is 18.1 Å². The zero-order valence-electron chi connectivity index (χ0n) is 16.1. The third kappa shape index (κ3) is 3.95. The van der Waals surface area contributed by atoms with E-state index in [1.807, 2.05) is 18.2 Å². The quantitative estimate of drug-likeness (QED) is 0.477. The van der Waals surface area contributed by atoms with Crippen LogP contribution in [0.25, 0.3) is 11.1 Å². The van der Waals surface area contributed by atoms with E-state index in [1.165, 1.54) is 12.1 Å². The van der Waals surface area contributed by atoms with E-state index in [9.17, 15) is 8.78 Å². The number of anilines is 1. The third-order valence-corrected chi connectivity index (χ3v) is 5.84. The fourth-order valence-corrected chi connectivity index (χ4v) is 4.22. The summed E-state index contributed by atoms with van der Waals surface area (Å²) in [5.41, 5.74) is 9.42. The summed E-state index contributed by atoms with van der Waals surface area (Å²) in [5, 5.41) is 3.23. The van der Waals surface area contributed by atoms with E-state index in [1.54, 1.807) is 19.2 Å². The van der Waals surface area contributed by atoms with Crippen molar-refractivity contribution in [3.8, 4) is 16.9 Å². The highest BCUT2D eigenvalue weighted by atomic mass is 35.5. The lowest BCUT2D eigenvalue weighted by atomic mass is 9.95. The number of nitrogens with zero attached hydrogens (tertiary/aromatic N) is 1. The Bertz CT molecular complexity index is 1110. The van der Waals surface area contributed by atoms with E-state index in [0.717, 1.165) is 16.7 Å². The van der Waals surface area contributed by atoms with Crippen molar-refractivity contribution in [2.45, 2.75) is 25.7 Å². The van der Waals surface area contributed by atoms with Crippen molar-refractivity contribution in [3.05, 3.63) is 75.1 Å². The smallest absolute Gasteiger partial charge is 0.166 e. The third-order valence-electron chi connectivity index (χ3n) is 5.13. The molecule has 0 saturated carbocycles. The Morgan fingerprint density at radius 1 is 1.20 bits per heavy atom. The number of hydrogen-bond acceptors (Lipinski definition) is 4. The maximum atomic E-state index is 14.3. The fourth-order valence-electron chi connectivity index (χ4n) is 3.54. The average molecular weight is 450 g/mol. The fraction of sp³-hybridized carbons (Fsp3) is 0.227. The predicted molar refractivity (Wildman–Crippen MR) is 115 cm³/mol. The first kappa shape index (κ1) is 20.8. The predicted octanol–water partition coefficient (Wildman–Crippen LogP) is 6.03. The normalized spacial score (nSPS) is 16.8. The molecule has 1 aliphatic heterocycles. The van der Waals surface area contributed by atoms with Gasteiger partial charge in [0.2, 0.25) is 0 Å². The second-order valence-corrected chi connectivity index (χ2v) is 7.92. The molecular formula is C22H19Cl2F2N3O. The van der Waals surface area contributed by atoms with Crippen LogP contribution < -0.4 is 15.8 Å². The minimum absolute atomic E-state index is 0.102. The molecule has 3 aromatic rings. The molecule has 4 nitrogen and oxygen atoms in total. The van der Waals surface area contributed by atoms with Crippen molar-refractivity contribution >= 4 is 29.0 Å². The molecule has 0 aliphatic carbocycles. The van der Waals surface area contributed by atoms with E-state index in [2.05, 4.69) is 10.3 Å². The maximum absolute atomic E-state index is 14.3. The second-order valence-electron chi connectivity index (χ2n) is 7.14. The van der Waals surface area contributed by atoms with Crippen molar-refractivity contribution in [1.82, 2.24) is 10.3 Å². The molecule has 8 heteroatoms. The minimum Gasteiger partial charge on any atom is -0.482 e. The molecule has 156 valence electrons. The molecule has 0 radical (unpaired) electrons. The summed E-state index contributed by atoms with van der Waals surface area (Å²) in [6, 6.07) is 9.96. The lowest BCUT2D eigenvalue weighted by molar-refractivity contribution is 0.227. The van der Waals surface area contributed by atoms with Crippen LogP contribution in [0.5, 0.6) is 5.75 Å². The highest BCUT2D eigenvalue weighted by Gasteiger charge is 2.22. The highest BCUT2D eigenvalue weighted by Crippen LogP contribution is 2.37. The Balaban J connectivity index is 1.66. The van der Waals surface area contributed by atoms with Gasteiger partial charge in [0.15, 0.2) is 11.6 Å². The van der Waals surface area contributed by atoms with Gasteiger partial charge in [0.05, 0.1) is 5.02 Å². The van der Waals surface area contributed by atoms with Crippen LogP contribution in [0.15, 0.2) is 42.6 Å². The number of ether oxygens (including phenoxy) is 1. The van der Waals surface area contributed by atoms with Crippen molar-refractivity contribution in [3.63, 3.8) is 0 Å². The lowest BCUT2D eigenvalue weighted by Gasteiger charge is -2.22. The van der Waals surface area contributed by atoms with Gasteiger partial charge in [0, 0.05) is 35.4 Å². The number of nitrogens with two attached hydrogens (primary N) is 1. The molecule has 0 spiro atoms. The van der Waals surface area contributed by atoms with Crippen LogP contribution in [0.4, 0.5) is 14.6 Å². The van der Waals surface area contributed by atoms with Crippen molar-refractivity contribution in [1.29, 1.82) is 0 Å². The van der Waals surface area contributed by atoms with E-state index in [-0.39, 0.29) is 22.4 Å². The Labute approximate surface area is 183 Å². The minimum atomic E-state index is -1.07. The van der Waals surface area contributed by atoms with E-state index in [4.69, 9.17) is 33.7 Å². The average Bonchev–Trinajstić information content (AvgIpc) is 2.73. The summed E-state index contributed by atoms with van der Waals surface area (Å²) in [6.07, 6.45) is -0.140. The number of hydrogen-bond donors (Lipinski definition) is 2. The van der Waals surface area contributed by atoms with Gasteiger partial charge >= 0.3 is 0 Å². The Morgan fingerprint density at radius 3 is 2.80 bits per heavy atom. The molecule has 1 aliphatic rings. The van der Waals surface area contributed by atoms with Crippen LogP contribution >= 0.6 is 23.2 Å². The number of alkyl halides is 1. The van der Waals surface area contributed by atoms with E-state index < -0.39 is 18.1 Å². The van der Waals surface area contributed by atoms with Crippen molar-refractivity contribution in [2.75, 3.05) is 12.3 Å². The van der Waals surface area contributed by atoms with Crippen LogP contribution in [0.2, 0.25) is 10.0 Å². The summed E-state index contributed by atoms with van der Waals surface area (Å²) in [6.45, 7) is 2.62. The molecule has 2 atom stereocenters. The first-order chi connectivity index (χ1) is 14.3. The summed E-state index contributed by atoms with van der Waals surface area (Å²) in [7, 11) is 0. The summed E-state index contributed by atoms with van der Waals surface area (Å²) in [5.74, 6) is -0.122. The lowest BCUT2D eigenvalue weighted by Crippen LogP contribution is -2.25. The summed E-state index contributed by atoms with van der Waals surface area (Å²) >= 11 is 12.3. The van der Waals surface area contributed by atoms with E-state index >= 15 is 0 Å². The van der Waals surface area contributed by atoms with Crippen LogP contribution in [0.1, 0.15) is 35.9 Å². The standard InChI is InChI=1S/C22H19Cl2F2N3O/c1-11(20-16(23)4-5-17(25)21(20)24)30-19-7-14(9-29-22(19)27)12-2-3-13-8-28-10-18(26)15(13)6-12/h2-7,9,11,18,28H,8,10H2,1H3,(H2,27,29)/t11-,18?/m1/s1.